The molecule has 0 bridgehead atoms. The zero-order valence-electron chi connectivity index (χ0n) is 9.52. The number of halogens is 2. The van der Waals surface area contributed by atoms with Crippen LogP contribution in [0.3, 0.4) is 0 Å². The highest BCUT2D eigenvalue weighted by atomic mass is 79.9. The van der Waals surface area contributed by atoms with Gasteiger partial charge in [0.15, 0.2) is 0 Å². The number of aliphatic hydroxyl groups excluding tert-OH is 2. The lowest BCUT2D eigenvalue weighted by atomic mass is 10.2. The molecule has 0 aromatic heterocycles. The van der Waals surface area contributed by atoms with E-state index in [2.05, 4.69) is 36.6 Å². The van der Waals surface area contributed by atoms with Gasteiger partial charge in [0.1, 0.15) is 0 Å². The minimum Gasteiger partial charge on any atom is -0.395 e. The molecule has 1 aromatic rings. The Kier molecular flexibility index (Phi) is 5.75. The Bertz CT molecular complexity index is 529. The van der Waals surface area contributed by atoms with E-state index >= 15 is 0 Å². The molecule has 0 saturated carbocycles. The van der Waals surface area contributed by atoms with Gasteiger partial charge in [-0.3, -0.25) is 0 Å². The van der Waals surface area contributed by atoms with E-state index in [-0.39, 0.29) is 4.90 Å². The smallest absolute Gasteiger partial charge is 0.242 e. The van der Waals surface area contributed by atoms with Gasteiger partial charge in [-0.25, -0.2) is 13.1 Å². The standard InChI is InChI=1S/C10H13Br2NO4S/c1-6-2-9(12)10(3-8(6)11)18(16,17)13-7(4-14)5-15/h2-3,7,13-15H,4-5H2,1H3. The van der Waals surface area contributed by atoms with Crippen LogP contribution in [0.2, 0.25) is 0 Å². The average Bonchev–Trinajstić information content (AvgIpc) is 2.30. The van der Waals surface area contributed by atoms with E-state index in [1.54, 1.807) is 6.07 Å². The van der Waals surface area contributed by atoms with Gasteiger partial charge in [-0.05, 0) is 40.5 Å². The average molecular weight is 403 g/mol. The first-order valence-corrected chi connectivity index (χ1v) is 8.08. The lowest BCUT2D eigenvalue weighted by Crippen LogP contribution is -2.40. The number of hydrogen-bond donors (Lipinski definition) is 3. The Labute approximate surface area is 123 Å². The molecule has 0 radical (unpaired) electrons. The Hall–Kier alpha value is 0.01000. The quantitative estimate of drug-likeness (QED) is 0.689. The molecule has 0 heterocycles. The number of sulfonamides is 1. The molecule has 0 aliphatic heterocycles. The van der Waals surface area contributed by atoms with Crippen molar-refractivity contribution in [3.8, 4) is 0 Å². The van der Waals surface area contributed by atoms with Gasteiger partial charge in [0, 0.05) is 8.95 Å². The van der Waals surface area contributed by atoms with E-state index in [9.17, 15) is 8.42 Å². The largest absolute Gasteiger partial charge is 0.395 e. The summed E-state index contributed by atoms with van der Waals surface area (Å²) in [6.07, 6.45) is 0. The highest BCUT2D eigenvalue weighted by Gasteiger charge is 2.22. The fourth-order valence-electron chi connectivity index (χ4n) is 1.25. The van der Waals surface area contributed by atoms with Gasteiger partial charge in [-0.2, -0.15) is 0 Å². The van der Waals surface area contributed by atoms with Crippen LogP contribution in [0, 0.1) is 6.92 Å². The van der Waals surface area contributed by atoms with Crippen LogP contribution in [-0.2, 0) is 10.0 Å². The summed E-state index contributed by atoms with van der Waals surface area (Å²) in [6.45, 7) is 0.893. The molecule has 0 spiro atoms. The molecular weight excluding hydrogens is 390 g/mol. The molecule has 0 aliphatic rings. The molecular formula is C10H13Br2NO4S. The van der Waals surface area contributed by atoms with Gasteiger partial charge in [-0.1, -0.05) is 15.9 Å². The molecule has 102 valence electrons. The second kappa shape index (κ2) is 6.44. The third kappa shape index (κ3) is 3.75. The summed E-state index contributed by atoms with van der Waals surface area (Å²) in [4.78, 5) is 0.0480. The van der Waals surface area contributed by atoms with Gasteiger partial charge in [-0.15, -0.1) is 0 Å². The van der Waals surface area contributed by atoms with E-state index in [1.807, 2.05) is 6.92 Å². The second-order valence-electron chi connectivity index (χ2n) is 3.72. The van der Waals surface area contributed by atoms with Crippen LogP contribution in [0.1, 0.15) is 5.56 Å². The third-order valence-corrected chi connectivity index (χ3v) is 5.60. The SMILES string of the molecule is Cc1cc(Br)c(S(=O)(=O)NC(CO)CO)cc1Br. The zero-order chi connectivity index (χ0) is 13.9. The maximum atomic E-state index is 12.1. The maximum absolute atomic E-state index is 12.1. The normalized spacial score (nSPS) is 12.1. The molecule has 0 unspecified atom stereocenters. The predicted molar refractivity (Wildman–Crippen MR) is 74.9 cm³/mol. The molecule has 0 atom stereocenters. The van der Waals surface area contributed by atoms with Crippen LogP contribution in [-0.4, -0.2) is 37.9 Å². The first kappa shape index (κ1) is 16.1. The zero-order valence-corrected chi connectivity index (χ0v) is 13.5. The first-order valence-electron chi connectivity index (χ1n) is 5.01. The highest BCUT2D eigenvalue weighted by molar-refractivity contribution is 9.11. The predicted octanol–water partition coefficient (Wildman–Crippen LogP) is 1.15. The molecule has 0 fully saturated rings. The lowest BCUT2D eigenvalue weighted by Gasteiger charge is -2.15. The minimum absolute atomic E-state index is 0.0480. The molecule has 1 rings (SSSR count). The van der Waals surface area contributed by atoms with E-state index < -0.39 is 29.3 Å². The summed E-state index contributed by atoms with van der Waals surface area (Å²) >= 11 is 6.45. The fourth-order valence-corrected chi connectivity index (χ4v) is 4.14. The summed E-state index contributed by atoms with van der Waals surface area (Å²) in [5.41, 5.74) is 0.890. The Morgan fingerprint density at radius 1 is 1.22 bits per heavy atom. The fraction of sp³-hybridized carbons (Fsp3) is 0.400. The molecule has 3 N–H and O–H groups in total. The number of rotatable bonds is 5. The monoisotopic (exact) mass is 401 g/mol. The molecule has 0 aliphatic carbocycles. The van der Waals surface area contributed by atoms with Crippen LogP contribution in [0.15, 0.2) is 26.0 Å². The second-order valence-corrected chi connectivity index (χ2v) is 7.11. The summed E-state index contributed by atoms with van der Waals surface area (Å²) in [5, 5.41) is 17.8. The number of aryl methyl sites for hydroxylation is 1. The van der Waals surface area contributed by atoms with Crippen molar-refractivity contribution >= 4 is 41.9 Å². The van der Waals surface area contributed by atoms with E-state index in [0.717, 1.165) is 5.56 Å². The van der Waals surface area contributed by atoms with Gasteiger partial charge < -0.3 is 10.2 Å². The van der Waals surface area contributed by atoms with Gasteiger partial charge in [0.2, 0.25) is 10.0 Å². The Morgan fingerprint density at radius 2 is 1.78 bits per heavy atom. The van der Waals surface area contributed by atoms with Gasteiger partial charge in [0.25, 0.3) is 0 Å². The van der Waals surface area contributed by atoms with Crippen LogP contribution < -0.4 is 4.72 Å². The van der Waals surface area contributed by atoms with E-state index in [0.29, 0.717) is 8.95 Å². The van der Waals surface area contributed by atoms with Crippen molar-refractivity contribution in [2.24, 2.45) is 0 Å². The molecule has 8 heteroatoms. The summed E-state index contributed by atoms with van der Waals surface area (Å²) in [5.74, 6) is 0. The Morgan fingerprint density at radius 3 is 2.28 bits per heavy atom. The van der Waals surface area contributed by atoms with E-state index in [4.69, 9.17) is 10.2 Å². The van der Waals surface area contributed by atoms with Crippen molar-refractivity contribution in [2.75, 3.05) is 13.2 Å². The molecule has 18 heavy (non-hydrogen) atoms. The van der Waals surface area contributed by atoms with Crippen molar-refractivity contribution in [3.05, 3.63) is 26.6 Å². The minimum atomic E-state index is -3.80. The maximum Gasteiger partial charge on any atom is 0.242 e. The van der Waals surface area contributed by atoms with Crippen molar-refractivity contribution in [1.82, 2.24) is 4.72 Å². The summed E-state index contributed by atoms with van der Waals surface area (Å²) in [6, 6.07) is 2.22. The van der Waals surface area contributed by atoms with Crippen LogP contribution >= 0.6 is 31.9 Å². The topological polar surface area (TPSA) is 86.6 Å². The molecule has 0 saturated heterocycles. The van der Waals surface area contributed by atoms with Crippen LogP contribution in [0.4, 0.5) is 0 Å². The number of nitrogens with one attached hydrogen (secondary N) is 1. The van der Waals surface area contributed by atoms with Crippen molar-refractivity contribution in [3.63, 3.8) is 0 Å². The van der Waals surface area contributed by atoms with Crippen LogP contribution in [0.25, 0.3) is 0 Å². The first-order chi connectivity index (χ1) is 8.31. The number of benzene rings is 1. The summed E-state index contributed by atoms with van der Waals surface area (Å²) < 4.78 is 27.4. The van der Waals surface area contributed by atoms with Crippen LogP contribution in [0.5, 0.6) is 0 Å². The van der Waals surface area contributed by atoms with Crippen molar-refractivity contribution in [2.45, 2.75) is 17.9 Å². The number of aliphatic hydroxyl groups is 2. The summed E-state index contributed by atoms with van der Waals surface area (Å²) in [7, 11) is -3.80. The Balaban J connectivity index is 3.16. The molecule has 1 aromatic carbocycles. The van der Waals surface area contributed by atoms with Crippen molar-refractivity contribution in [1.29, 1.82) is 0 Å². The lowest BCUT2D eigenvalue weighted by molar-refractivity contribution is 0.185. The molecule has 5 nitrogen and oxygen atoms in total. The third-order valence-electron chi connectivity index (χ3n) is 2.27. The van der Waals surface area contributed by atoms with Crippen molar-refractivity contribution < 1.29 is 18.6 Å². The number of hydrogen-bond acceptors (Lipinski definition) is 4. The van der Waals surface area contributed by atoms with Gasteiger partial charge >= 0.3 is 0 Å². The van der Waals surface area contributed by atoms with E-state index in [1.165, 1.54) is 6.07 Å². The highest BCUT2D eigenvalue weighted by Crippen LogP contribution is 2.28. The molecule has 0 amide bonds. The van der Waals surface area contributed by atoms with Gasteiger partial charge in [0.05, 0.1) is 24.2 Å².